The predicted molar refractivity (Wildman–Crippen MR) is 69.3 cm³/mol. The van der Waals surface area contributed by atoms with E-state index in [-0.39, 0.29) is 11.9 Å². The Bertz CT molecular complexity index is 550. The van der Waals surface area contributed by atoms with Crippen molar-refractivity contribution < 1.29 is 4.79 Å². The third-order valence-electron chi connectivity index (χ3n) is 2.59. The van der Waals surface area contributed by atoms with Gasteiger partial charge in [-0.15, -0.1) is 0 Å². The predicted octanol–water partition coefficient (Wildman–Crippen LogP) is 1.90. The number of hydrogen-bond acceptors (Lipinski definition) is 2. The summed E-state index contributed by atoms with van der Waals surface area (Å²) in [5.41, 5.74) is 6.80. The Morgan fingerprint density at radius 2 is 2.35 bits per heavy atom. The van der Waals surface area contributed by atoms with E-state index in [2.05, 4.69) is 10.3 Å². The van der Waals surface area contributed by atoms with E-state index in [1.165, 1.54) is 0 Å². The normalized spacial score (nSPS) is 12.6. The van der Waals surface area contributed by atoms with Gasteiger partial charge in [0.1, 0.15) is 5.69 Å². The molecule has 1 heterocycles. The number of halogens is 1. The zero-order valence-electron chi connectivity index (χ0n) is 9.46. The molecule has 90 valence electrons. The molecule has 0 fully saturated rings. The summed E-state index contributed by atoms with van der Waals surface area (Å²) in [6, 6.07) is 7.21. The lowest BCUT2D eigenvalue weighted by Gasteiger charge is -2.09. The van der Waals surface area contributed by atoms with Crippen LogP contribution < -0.4 is 11.1 Å². The molecule has 0 spiro atoms. The summed E-state index contributed by atoms with van der Waals surface area (Å²) >= 11 is 6.04. The number of amides is 1. The first-order valence-electron chi connectivity index (χ1n) is 5.40. The summed E-state index contributed by atoms with van der Waals surface area (Å²) in [7, 11) is 0. The van der Waals surface area contributed by atoms with Crippen molar-refractivity contribution in [3.63, 3.8) is 0 Å². The van der Waals surface area contributed by atoms with E-state index < -0.39 is 0 Å². The Balaban J connectivity index is 2.30. The van der Waals surface area contributed by atoms with Crippen molar-refractivity contribution in [3.8, 4) is 0 Å². The zero-order chi connectivity index (χ0) is 12.4. The molecular weight excluding hydrogens is 238 g/mol. The van der Waals surface area contributed by atoms with Crippen molar-refractivity contribution in [3.05, 3.63) is 35.0 Å². The summed E-state index contributed by atoms with van der Waals surface area (Å²) in [6.45, 7) is 2.26. The number of rotatable bonds is 3. The number of H-pyrrole nitrogens is 1. The minimum atomic E-state index is -0.171. The van der Waals surface area contributed by atoms with Crippen LogP contribution in [0.5, 0.6) is 0 Å². The highest BCUT2D eigenvalue weighted by Crippen LogP contribution is 2.23. The molecule has 0 aliphatic heterocycles. The molecule has 0 aliphatic carbocycles. The molecule has 4 nitrogen and oxygen atoms in total. The van der Waals surface area contributed by atoms with Crippen LogP contribution in [0.1, 0.15) is 17.4 Å². The van der Waals surface area contributed by atoms with Crippen molar-refractivity contribution in [2.75, 3.05) is 6.54 Å². The van der Waals surface area contributed by atoms with E-state index in [9.17, 15) is 4.79 Å². The zero-order valence-corrected chi connectivity index (χ0v) is 10.2. The van der Waals surface area contributed by atoms with Gasteiger partial charge in [0.05, 0.1) is 0 Å². The van der Waals surface area contributed by atoms with E-state index in [1.807, 2.05) is 19.1 Å². The molecule has 1 amide bonds. The first kappa shape index (κ1) is 12.0. The molecular formula is C12H14ClN3O. The van der Waals surface area contributed by atoms with Crippen molar-refractivity contribution >= 4 is 28.4 Å². The van der Waals surface area contributed by atoms with Crippen LogP contribution in [0.3, 0.4) is 0 Å². The van der Waals surface area contributed by atoms with Crippen molar-refractivity contribution in [2.45, 2.75) is 13.0 Å². The average Bonchev–Trinajstić information content (AvgIpc) is 2.74. The minimum absolute atomic E-state index is 0.0515. The maximum absolute atomic E-state index is 11.9. The van der Waals surface area contributed by atoms with Gasteiger partial charge in [-0.2, -0.15) is 0 Å². The quantitative estimate of drug-likeness (QED) is 0.780. The number of fused-ring (bicyclic) bond motifs is 1. The van der Waals surface area contributed by atoms with Crippen LogP contribution in [-0.2, 0) is 0 Å². The lowest BCUT2D eigenvalue weighted by Crippen LogP contribution is -2.37. The SMILES string of the molecule is CC(CN)NC(=O)c1cc2c(Cl)cccc2[nH]1. The molecule has 2 aromatic rings. The van der Waals surface area contributed by atoms with Gasteiger partial charge in [0, 0.05) is 28.5 Å². The third-order valence-corrected chi connectivity index (χ3v) is 2.92. The summed E-state index contributed by atoms with van der Waals surface area (Å²) in [4.78, 5) is 14.9. The smallest absolute Gasteiger partial charge is 0.267 e. The van der Waals surface area contributed by atoms with Gasteiger partial charge in [-0.1, -0.05) is 17.7 Å². The average molecular weight is 252 g/mol. The molecule has 1 atom stereocenters. The summed E-state index contributed by atoms with van der Waals surface area (Å²) < 4.78 is 0. The highest BCUT2D eigenvalue weighted by molar-refractivity contribution is 6.35. The molecule has 0 aliphatic rings. The lowest BCUT2D eigenvalue weighted by molar-refractivity contribution is 0.0937. The Morgan fingerprint density at radius 1 is 1.59 bits per heavy atom. The highest BCUT2D eigenvalue weighted by atomic mass is 35.5. The summed E-state index contributed by atoms with van der Waals surface area (Å²) in [5.74, 6) is -0.171. The van der Waals surface area contributed by atoms with Crippen LogP contribution in [-0.4, -0.2) is 23.5 Å². The van der Waals surface area contributed by atoms with Gasteiger partial charge in [-0.05, 0) is 25.1 Å². The van der Waals surface area contributed by atoms with Gasteiger partial charge >= 0.3 is 0 Å². The molecule has 4 N–H and O–H groups in total. The van der Waals surface area contributed by atoms with Gasteiger partial charge < -0.3 is 16.0 Å². The molecule has 1 aromatic carbocycles. The fourth-order valence-corrected chi connectivity index (χ4v) is 1.83. The second-order valence-corrected chi connectivity index (χ2v) is 4.40. The Hall–Kier alpha value is -1.52. The number of aromatic nitrogens is 1. The molecule has 1 aromatic heterocycles. The van der Waals surface area contributed by atoms with Crippen LogP contribution in [0.2, 0.25) is 5.02 Å². The maximum atomic E-state index is 11.9. The molecule has 0 saturated carbocycles. The Labute approximate surface area is 104 Å². The largest absolute Gasteiger partial charge is 0.350 e. The first-order chi connectivity index (χ1) is 8.11. The molecule has 17 heavy (non-hydrogen) atoms. The van der Waals surface area contributed by atoms with E-state index in [4.69, 9.17) is 17.3 Å². The van der Waals surface area contributed by atoms with Crippen molar-refractivity contribution in [1.29, 1.82) is 0 Å². The van der Waals surface area contributed by atoms with E-state index in [0.29, 0.717) is 17.3 Å². The van der Waals surface area contributed by atoms with Crippen LogP contribution in [0.4, 0.5) is 0 Å². The van der Waals surface area contributed by atoms with E-state index >= 15 is 0 Å². The number of nitrogens with one attached hydrogen (secondary N) is 2. The number of nitrogens with two attached hydrogens (primary N) is 1. The molecule has 0 saturated heterocycles. The second kappa shape index (κ2) is 4.77. The van der Waals surface area contributed by atoms with Crippen LogP contribution in [0, 0.1) is 0 Å². The second-order valence-electron chi connectivity index (χ2n) is 3.99. The first-order valence-corrected chi connectivity index (χ1v) is 5.77. The van der Waals surface area contributed by atoms with Gasteiger partial charge in [-0.25, -0.2) is 0 Å². The van der Waals surface area contributed by atoms with E-state index in [1.54, 1.807) is 12.1 Å². The fraction of sp³-hybridized carbons (Fsp3) is 0.250. The standard InChI is InChI=1S/C12H14ClN3O/c1-7(6-14)15-12(17)11-5-8-9(13)3-2-4-10(8)16-11/h2-5,7,16H,6,14H2,1H3,(H,15,17). The number of aromatic amines is 1. The van der Waals surface area contributed by atoms with E-state index in [0.717, 1.165) is 10.9 Å². The summed E-state index contributed by atoms with van der Waals surface area (Å²) in [5, 5.41) is 4.26. The Morgan fingerprint density at radius 3 is 3.00 bits per heavy atom. The highest BCUT2D eigenvalue weighted by Gasteiger charge is 2.12. The van der Waals surface area contributed by atoms with Crippen molar-refractivity contribution in [2.24, 2.45) is 5.73 Å². The summed E-state index contributed by atoms with van der Waals surface area (Å²) in [6.07, 6.45) is 0. The molecule has 0 bridgehead atoms. The minimum Gasteiger partial charge on any atom is -0.350 e. The van der Waals surface area contributed by atoms with Crippen LogP contribution in [0.25, 0.3) is 10.9 Å². The van der Waals surface area contributed by atoms with Crippen LogP contribution in [0.15, 0.2) is 24.3 Å². The molecule has 5 heteroatoms. The number of benzene rings is 1. The van der Waals surface area contributed by atoms with Gasteiger partial charge in [0.15, 0.2) is 0 Å². The van der Waals surface area contributed by atoms with Gasteiger partial charge in [-0.3, -0.25) is 4.79 Å². The number of carbonyl (C=O) groups is 1. The third kappa shape index (κ3) is 2.43. The van der Waals surface area contributed by atoms with Gasteiger partial charge in [0.2, 0.25) is 0 Å². The maximum Gasteiger partial charge on any atom is 0.267 e. The molecule has 0 radical (unpaired) electrons. The topological polar surface area (TPSA) is 70.9 Å². The van der Waals surface area contributed by atoms with Crippen molar-refractivity contribution in [1.82, 2.24) is 10.3 Å². The molecule has 2 rings (SSSR count). The monoisotopic (exact) mass is 251 g/mol. The number of carbonyl (C=O) groups excluding carboxylic acids is 1. The van der Waals surface area contributed by atoms with Crippen LogP contribution >= 0.6 is 11.6 Å². The Kier molecular flexibility index (Phi) is 3.36. The molecule has 1 unspecified atom stereocenters. The fourth-order valence-electron chi connectivity index (χ4n) is 1.60. The number of hydrogen-bond donors (Lipinski definition) is 3. The lowest BCUT2D eigenvalue weighted by atomic mass is 10.2. The van der Waals surface area contributed by atoms with Gasteiger partial charge in [0.25, 0.3) is 5.91 Å².